The Morgan fingerprint density at radius 2 is 1.85 bits per heavy atom. The summed E-state index contributed by atoms with van der Waals surface area (Å²) in [5.74, 6) is 0. The van der Waals surface area contributed by atoms with Crippen molar-refractivity contribution in [2.24, 2.45) is 5.73 Å². The molecule has 20 heavy (non-hydrogen) atoms. The molecule has 0 spiro atoms. The monoisotopic (exact) mass is 265 g/mol. The zero-order chi connectivity index (χ0) is 13.9. The van der Waals surface area contributed by atoms with Crippen molar-refractivity contribution in [2.75, 3.05) is 0 Å². The van der Waals surface area contributed by atoms with Gasteiger partial charge in [-0.1, -0.05) is 42.5 Å². The van der Waals surface area contributed by atoms with Crippen LogP contribution >= 0.6 is 0 Å². The molecule has 0 amide bonds. The molecule has 0 aliphatic heterocycles. The Kier molecular flexibility index (Phi) is 3.31. The molecule has 0 aliphatic carbocycles. The summed E-state index contributed by atoms with van der Waals surface area (Å²) >= 11 is 0. The maximum atomic E-state index is 11.7. The number of fused-ring (bicyclic) bond motifs is 1. The van der Waals surface area contributed by atoms with E-state index in [2.05, 4.69) is 17.2 Å². The summed E-state index contributed by atoms with van der Waals surface area (Å²) in [4.78, 5) is 11.7. The van der Waals surface area contributed by atoms with Crippen molar-refractivity contribution in [1.29, 1.82) is 0 Å². The van der Waals surface area contributed by atoms with Crippen LogP contribution in [0.15, 0.2) is 65.6 Å². The quantitative estimate of drug-likeness (QED) is 0.789. The number of nitrogens with zero attached hydrogens (tertiary/aromatic N) is 2. The third-order valence-corrected chi connectivity index (χ3v) is 3.38. The van der Waals surface area contributed by atoms with Crippen LogP contribution in [0.5, 0.6) is 0 Å². The number of hydrogen-bond donors (Lipinski definition) is 1. The molecule has 3 aromatic rings. The van der Waals surface area contributed by atoms with Crippen LogP contribution in [0, 0.1) is 0 Å². The Morgan fingerprint density at radius 3 is 2.70 bits per heavy atom. The van der Waals surface area contributed by atoms with Gasteiger partial charge in [0.05, 0.1) is 12.6 Å². The Labute approximate surface area is 116 Å². The van der Waals surface area contributed by atoms with Gasteiger partial charge in [-0.3, -0.25) is 4.79 Å². The van der Waals surface area contributed by atoms with Gasteiger partial charge in [0.25, 0.3) is 5.56 Å². The average Bonchev–Trinajstić information content (AvgIpc) is 2.49. The van der Waals surface area contributed by atoms with E-state index in [1.165, 1.54) is 10.7 Å². The first-order valence-corrected chi connectivity index (χ1v) is 6.51. The standard InChI is InChI=1S/C16H15N3O/c17-15(11-19-16(20)9-4-10-18-19)14-8-3-6-12-5-1-2-7-13(12)14/h1-10,15H,11,17H2. The van der Waals surface area contributed by atoms with Crippen LogP contribution in [0.4, 0.5) is 0 Å². The van der Waals surface area contributed by atoms with Crippen molar-refractivity contribution in [3.63, 3.8) is 0 Å². The highest BCUT2D eigenvalue weighted by Crippen LogP contribution is 2.23. The average molecular weight is 265 g/mol. The second-order valence-electron chi connectivity index (χ2n) is 4.72. The van der Waals surface area contributed by atoms with Crippen LogP contribution in [0.1, 0.15) is 11.6 Å². The Balaban J connectivity index is 1.99. The molecule has 0 fully saturated rings. The Bertz CT molecular complexity index is 789. The lowest BCUT2D eigenvalue weighted by molar-refractivity contribution is 0.506. The lowest BCUT2D eigenvalue weighted by atomic mass is 9.99. The molecule has 4 nitrogen and oxygen atoms in total. The summed E-state index contributed by atoms with van der Waals surface area (Å²) in [6, 6.07) is 17.0. The van der Waals surface area contributed by atoms with Crippen LogP contribution in [-0.2, 0) is 6.54 Å². The summed E-state index contributed by atoms with van der Waals surface area (Å²) in [6.45, 7) is 0.369. The molecule has 100 valence electrons. The number of benzene rings is 2. The second kappa shape index (κ2) is 5.27. The van der Waals surface area contributed by atoms with Gasteiger partial charge >= 0.3 is 0 Å². The van der Waals surface area contributed by atoms with Crippen molar-refractivity contribution >= 4 is 10.8 Å². The molecule has 1 aromatic heterocycles. The molecule has 0 aliphatic rings. The van der Waals surface area contributed by atoms with E-state index in [-0.39, 0.29) is 11.6 Å². The van der Waals surface area contributed by atoms with Gasteiger partial charge < -0.3 is 5.73 Å². The molecule has 2 N–H and O–H groups in total. The molecule has 2 aromatic carbocycles. The molecular weight excluding hydrogens is 250 g/mol. The van der Waals surface area contributed by atoms with Gasteiger partial charge in [0, 0.05) is 12.3 Å². The highest BCUT2D eigenvalue weighted by atomic mass is 16.1. The van der Waals surface area contributed by atoms with E-state index in [1.54, 1.807) is 12.3 Å². The SMILES string of the molecule is NC(Cn1ncccc1=O)c1cccc2ccccc12. The van der Waals surface area contributed by atoms with E-state index < -0.39 is 0 Å². The molecule has 1 unspecified atom stereocenters. The molecule has 1 atom stereocenters. The highest BCUT2D eigenvalue weighted by Gasteiger charge is 2.11. The Morgan fingerprint density at radius 1 is 1.05 bits per heavy atom. The minimum atomic E-state index is -0.270. The summed E-state index contributed by atoms with van der Waals surface area (Å²) in [6.07, 6.45) is 1.59. The third-order valence-electron chi connectivity index (χ3n) is 3.38. The fraction of sp³-hybridized carbons (Fsp3) is 0.125. The van der Waals surface area contributed by atoms with Gasteiger partial charge in [-0.05, 0) is 22.4 Å². The van der Waals surface area contributed by atoms with Crippen LogP contribution in [0.3, 0.4) is 0 Å². The molecule has 0 bridgehead atoms. The van der Waals surface area contributed by atoms with Crippen molar-refractivity contribution < 1.29 is 0 Å². The van der Waals surface area contributed by atoms with Gasteiger partial charge in [-0.25, -0.2) is 4.68 Å². The van der Waals surface area contributed by atoms with E-state index in [0.29, 0.717) is 6.54 Å². The van der Waals surface area contributed by atoms with Gasteiger partial charge in [0.1, 0.15) is 0 Å². The van der Waals surface area contributed by atoms with Crippen molar-refractivity contribution in [3.05, 3.63) is 76.7 Å². The molecular formula is C16H15N3O. The zero-order valence-electron chi connectivity index (χ0n) is 10.9. The number of hydrogen-bond acceptors (Lipinski definition) is 3. The van der Waals surface area contributed by atoms with E-state index in [1.807, 2.05) is 30.3 Å². The molecule has 0 saturated carbocycles. The summed E-state index contributed by atoms with van der Waals surface area (Å²) < 4.78 is 1.40. The van der Waals surface area contributed by atoms with Gasteiger partial charge in [0.2, 0.25) is 0 Å². The van der Waals surface area contributed by atoms with Gasteiger partial charge in [-0.2, -0.15) is 5.10 Å². The van der Waals surface area contributed by atoms with Crippen LogP contribution in [-0.4, -0.2) is 9.78 Å². The molecule has 4 heteroatoms. The summed E-state index contributed by atoms with van der Waals surface area (Å²) in [5, 5.41) is 6.31. The van der Waals surface area contributed by atoms with E-state index in [4.69, 9.17) is 5.73 Å². The first kappa shape index (κ1) is 12.6. The molecule has 0 saturated heterocycles. The fourth-order valence-corrected chi connectivity index (χ4v) is 2.38. The van der Waals surface area contributed by atoms with Gasteiger partial charge in [-0.15, -0.1) is 0 Å². The van der Waals surface area contributed by atoms with Crippen LogP contribution in [0.2, 0.25) is 0 Å². The van der Waals surface area contributed by atoms with Crippen LogP contribution in [0.25, 0.3) is 10.8 Å². The maximum Gasteiger partial charge on any atom is 0.266 e. The van der Waals surface area contributed by atoms with Crippen LogP contribution < -0.4 is 11.3 Å². The van der Waals surface area contributed by atoms with Gasteiger partial charge in [0.15, 0.2) is 0 Å². The largest absolute Gasteiger partial charge is 0.322 e. The third kappa shape index (κ3) is 2.33. The zero-order valence-corrected chi connectivity index (χ0v) is 10.9. The minimum Gasteiger partial charge on any atom is -0.322 e. The topological polar surface area (TPSA) is 60.9 Å². The summed E-state index contributed by atoms with van der Waals surface area (Å²) in [7, 11) is 0. The fourth-order valence-electron chi connectivity index (χ4n) is 2.38. The first-order chi connectivity index (χ1) is 9.75. The van der Waals surface area contributed by atoms with Crippen molar-refractivity contribution in [1.82, 2.24) is 9.78 Å². The lowest BCUT2D eigenvalue weighted by Gasteiger charge is -2.15. The minimum absolute atomic E-state index is 0.136. The molecule has 1 heterocycles. The van der Waals surface area contributed by atoms with Crippen molar-refractivity contribution in [2.45, 2.75) is 12.6 Å². The number of rotatable bonds is 3. The lowest BCUT2D eigenvalue weighted by Crippen LogP contribution is -2.28. The van der Waals surface area contributed by atoms with E-state index in [9.17, 15) is 4.79 Å². The van der Waals surface area contributed by atoms with E-state index >= 15 is 0 Å². The number of nitrogens with two attached hydrogens (primary N) is 1. The Hall–Kier alpha value is -2.46. The first-order valence-electron chi connectivity index (χ1n) is 6.51. The predicted octanol–water partition coefficient (Wildman–Crippen LogP) is 2.10. The summed E-state index contributed by atoms with van der Waals surface area (Å²) in [5.41, 5.74) is 7.15. The smallest absolute Gasteiger partial charge is 0.266 e. The van der Waals surface area contributed by atoms with Crippen molar-refractivity contribution in [3.8, 4) is 0 Å². The molecule has 0 radical (unpaired) electrons. The highest BCUT2D eigenvalue weighted by molar-refractivity contribution is 5.86. The predicted molar refractivity (Wildman–Crippen MR) is 79.4 cm³/mol. The second-order valence-corrected chi connectivity index (χ2v) is 4.72. The van der Waals surface area contributed by atoms with E-state index in [0.717, 1.165) is 16.3 Å². The normalized spacial score (nSPS) is 12.4. The maximum absolute atomic E-state index is 11.7. The number of aromatic nitrogens is 2. The molecule has 3 rings (SSSR count).